The summed E-state index contributed by atoms with van der Waals surface area (Å²) in [6.07, 6.45) is 0. The number of anilines is 3. The lowest BCUT2D eigenvalue weighted by atomic mass is 10.1. The second-order valence-electron chi connectivity index (χ2n) is 6.09. The minimum absolute atomic E-state index is 0.0389. The number of rotatable bonds is 6. The van der Waals surface area contributed by atoms with Crippen molar-refractivity contribution in [3.63, 3.8) is 0 Å². The van der Waals surface area contributed by atoms with Crippen molar-refractivity contribution < 1.29 is 19.1 Å². The van der Waals surface area contributed by atoms with Gasteiger partial charge in [-0.3, -0.25) is 9.59 Å². The molecule has 0 radical (unpaired) electrons. The van der Waals surface area contributed by atoms with Crippen LogP contribution in [0.4, 0.5) is 17.2 Å². The second-order valence-corrected chi connectivity index (χ2v) is 6.09. The number of nitrogens with zero attached hydrogens (tertiary/aromatic N) is 2. The lowest BCUT2D eigenvalue weighted by Gasteiger charge is -2.08. The van der Waals surface area contributed by atoms with Gasteiger partial charge in [0.25, 0.3) is 5.91 Å². The van der Waals surface area contributed by atoms with Gasteiger partial charge in [0.05, 0.1) is 12.7 Å². The second kappa shape index (κ2) is 8.75. The fourth-order valence-electron chi connectivity index (χ4n) is 2.52. The first-order valence-corrected chi connectivity index (χ1v) is 8.68. The van der Waals surface area contributed by atoms with Crippen LogP contribution < -0.4 is 10.6 Å². The van der Waals surface area contributed by atoms with Crippen LogP contribution in [-0.4, -0.2) is 35.0 Å². The van der Waals surface area contributed by atoms with Crippen LogP contribution in [0.15, 0.2) is 60.7 Å². The Hall–Kier alpha value is -4.07. The number of hydrogen-bond acceptors (Lipinski definition) is 7. The minimum atomic E-state index is -0.495. The Morgan fingerprint density at radius 1 is 0.862 bits per heavy atom. The zero-order valence-electron chi connectivity index (χ0n) is 15.8. The van der Waals surface area contributed by atoms with Crippen LogP contribution in [0.2, 0.25) is 0 Å². The maximum absolute atomic E-state index is 12.4. The topological polar surface area (TPSA) is 110 Å². The lowest BCUT2D eigenvalue weighted by Crippen LogP contribution is -2.15. The number of benzene rings is 2. The number of nitrogens with one attached hydrogen (secondary N) is 2. The van der Waals surface area contributed by atoms with Gasteiger partial charge >= 0.3 is 5.97 Å². The van der Waals surface area contributed by atoms with Crippen LogP contribution in [0.5, 0.6) is 0 Å². The predicted molar refractivity (Wildman–Crippen MR) is 107 cm³/mol. The van der Waals surface area contributed by atoms with E-state index < -0.39 is 11.9 Å². The average Bonchev–Trinajstić information content (AvgIpc) is 2.74. The third-order valence-corrected chi connectivity index (χ3v) is 3.98. The molecule has 1 amide bonds. The molecule has 0 bridgehead atoms. The first-order valence-electron chi connectivity index (χ1n) is 8.68. The number of aromatic nitrogens is 2. The van der Waals surface area contributed by atoms with Gasteiger partial charge < -0.3 is 15.4 Å². The van der Waals surface area contributed by atoms with Gasteiger partial charge in [0, 0.05) is 16.9 Å². The largest absolute Gasteiger partial charge is 0.465 e. The third-order valence-electron chi connectivity index (χ3n) is 3.98. The van der Waals surface area contributed by atoms with Crippen LogP contribution in [0, 0.1) is 0 Å². The van der Waals surface area contributed by atoms with E-state index >= 15 is 0 Å². The van der Waals surface area contributed by atoms with E-state index in [2.05, 4.69) is 25.6 Å². The van der Waals surface area contributed by atoms with Crippen molar-refractivity contribution >= 4 is 34.9 Å². The first kappa shape index (κ1) is 19.7. The maximum atomic E-state index is 12.4. The summed E-state index contributed by atoms with van der Waals surface area (Å²) in [5, 5.41) is 13.6. The molecule has 3 rings (SSSR count). The Labute approximate surface area is 166 Å². The molecule has 0 aliphatic carbocycles. The summed E-state index contributed by atoms with van der Waals surface area (Å²) in [6.45, 7) is 1.49. The van der Waals surface area contributed by atoms with Crippen molar-refractivity contribution in [1.29, 1.82) is 0 Å². The molecule has 0 fully saturated rings. The highest BCUT2D eigenvalue weighted by Gasteiger charge is 2.11. The van der Waals surface area contributed by atoms with Crippen molar-refractivity contribution in [3.05, 3.63) is 77.5 Å². The van der Waals surface area contributed by atoms with Gasteiger partial charge in [-0.2, -0.15) is 0 Å². The molecule has 8 nitrogen and oxygen atoms in total. The minimum Gasteiger partial charge on any atom is -0.465 e. The van der Waals surface area contributed by atoms with E-state index in [1.807, 2.05) is 0 Å². The van der Waals surface area contributed by atoms with Gasteiger partial charge in [-0.05, 0) is 49.4 Å². The summed E-state index contributed by atoms with van der Waals surface area (Å²) < 4.78 is 4.66. The lowest BCUT2D eigenvalue weighted by molar-refractivity contribution is 0.0600. The monoisotopic (exact) mass is 390 g/mol. The summed E-state index contributed by atoms with van der Waals surface area (Å²) in [6, 6.07) is 16.5. The van der Waals surface area contributed by atoms with Crippen molar-refractivity contribution in [2.24, 2.45) is 0 Å². The third kappa shape index (κ3) is 5.01. The van der Waals surface area contributed by atoms with E-state index in [0.29, 0.717) is 28.3 Å². The van der Waals surface area contributed by atoms with E-state index in [4.69, 9.17) is 0 Å². The summed E-state index contributed by atoms with van der Waals surface area (Å²) in [4.78, 5) is 35.4. The Balaban J connectivity index is 1.68. The Morgan fingerprint density at radius 3 is 2.21 bits per heavy atom. The summed E-state index contributed by atoms with van der Waals surface area (Å²) in [5.74, 6) is -0.576. The maximum Gasteiger partial charge on any atom is 0.337 e. The molecule has 2 aromatic carbocycles. The number of ketones is 1. The number of esters is 1. The molecule has 3 aromatic rings. The van der Waals surface area contributed by atoms with Crippen molar-refractivity contribution in [2.45, 2.75) is 6.92 Å². The number of carbonyl (C=O) groups is 3. The van der Waals surface area contributed by atoms with Crippen LogP contribution in [0.1, 0.15) is 38.1 Å². The molecule has 1 heterocycles. The molecule has 0 saturated heterocycles. The van der Waals surface area contributed by atoms with Gasteiger partial charge in [0.15, 0.2) is 17.3 Å². The van der Waals surface area contributed by atoms with Crippen molar-refractivity contribution in [2.75, 3.05) is 17.7 Å². The molecule has 0 unspecified atom stereocenters. The standard InChI is InChI=1S/C21H18N4O4/c1-13(26)14-5-3-7-16(11-14)22-19-10-9-18(24-25-19)20(27)23-17-8-4-6-15(12-17)21(28)29-2/h3-12H,1-2H3,(H,22,25)(H,23,27). The molecule has 0 aliphatic heterocycles. The van der Waals surface area contributed by atoms with Gasteiger partial charge in [-0.1, -0.05) is 18.2 Å². The summed E-state index contributed by atoms with van der Waals surface area (Å²) in [5.41, 5.74) is 2.13. The van der Waals surface area contributed by atoms with Crippen LogP contribution in [-0.2, 0) is 4.74 Å². The number of amides is 1. The fourth-order valence-corrected chi connectivity index (χ4v) is 2.52. The number of hydrogen-bond donors (Lipinski definition) is 2. The van der Waals surface area contributed by atoms with E-state index in [-0.39, 0.29) is 11.5 Å². The van der Waals surface area contributed by atoms with Crippen LogP contribution in [0.25, 0.3) is 0 Å². The van der Waals surface area contributed by atoms with Crippen LogP contribution in [0.3, 0.4) is 0 Å². The molecule has 0 aliphatic rings. The molecule has 2 N–H and O–H groups in total. The van der Waals surface area contributed by atoms with Crippen molar-refractivity contribution in [3.8, 4) is 0 Å². The van der Waals surface area contributed by atoms with Crippen LogP contribution >= 0.6 is 0 Å². The van der Waals surface area contributed by atoms with Crippen molar-refractivity contribution in [1.82, 2.24) is 10.2 Å². The van der Waals surface area contributed by atoms with E-state index in [9.17, 15) is 14.4 Å². The Kier molecular flexibility index (Phi) is 5.94. The predicted octanol–water partition coefficient (Wildman–Crippen LogP) is 3.46. The molecule has 0 saturated carbocycles. The zero-order valence-corrected chi connectivity index (χ0v) is 15.8. The highest BCUT2D eigenvalue weighted by molar-refractivity contribution is 6.03. The molecule has 8 heteroatoms. The zero-order chi connectivity index (χ0) is 20.8. The van der Waals surface area contributed by atoms with Gasteiger partial charge in [-0.25, -0.2) is 4.79 Å². The average molecular weight is 390 g/mol. The smallest absolute Gasteiger partial charge is 0.337 e. The fraction of sp³-hybridized carbons (Fsp3) is 0.0952. The normalized spacial score (nSPS) is 10.1. The van der Waals surface area contributed by atoms with E-state index in [1.165, 1.54) is 26.2 Å². The van der Waals surface area contributed by atoms with Gasteiger partial charge in [0.1, 0.15) is 0 Å². The highest BCUT2D eigenvalue weighted by Crippen LogP contribution is 2.17. The Morgan fingerprint density at radius 2 is 1.55 bits per heavy atom. The molecule has 146 valence electrons. The SMILES string of the molecule is COC(=O)c1cccc(NC(=O)c2ccc(Nc3cccc(C(C)=O)c3)nn2)c1. The summed E-state index contributed by atoms with van der Waals surface area (Å²) >= 11 is 0. The van der Waals surface area contributed by atoms with E-state index in [1.54, 1.807) is 48.5 Å². The number of methoxy groups -OCH3 is 1. The molecule has 1 aromatic heterocycles. The molecule has 0 spiro atoms. The molecule has 0 atom stereocenters. The van der Waals surface area contributed by atoms with Gasteiger partial charge in [-0.15, -0.1) is 10.2 Å². The Bertz CT molecular complexity index is 1060. The van der Waals surface area contributed by atoms with E-state index in [0.717, 1.165) is 0 Å². The summed E-state index contributed by atoms with van der Waals surface area (Å²) in [7, 11) is 1.29. The molecular formula is C21H18N4O4. The first-order chi connectivity index (χ1) is 14.0. The molecule has 29 heavy (non-hydrogen) atoms. The van der Waals surface area contributed by atoms with Gasteiger partial charge in [0.2, 0.25) is 0 Å². The number of carbonyl (C=O) groups excluding carboxylic acids is 3. The number of ether oxygens (including phenoxy) is 1. The quantitative estimate of drug-likeness (QED) is 0.490. The number of Topliss-reactive ketones (excluding diaryl/α,β-unsaturated/α-hetero) is 1. The molecular weight excluding hydrogens is 372 g/mol. The highest BCUT2D eigenvalue weighted by atomic mass is 16.5.